The highest BCUT2D eigenvalue weighted by atomic mass is 16.5. The first kappa shape index (κ1) is 20.5. The third-order valence-electron chi connectivity index (χ3n) is 6.27. The van der Waals surface area contributed by atoms with E-state index in [1.807, 2.05) is 35.2 Å². The van der Waals surface area contributed by atoms with E-state index in [0.29, 0.717) is 26.1 Å². The van der Waals surface area contributed by atoms with Gasteiger partial charge in [0, 0.05) is 38.3 Å². The molecule has 2 heterocycles. The van der Waals surface area contributed by atoms with Crippen LogP contribution in [0.15, 0.2) is 48.8 Å². The zero-order valence-electron chi connectivity index (χ0n) is 17.5. The quantitative estimate of drug-likeness (QED) is 0.827. The first-order valence-corrected chi connectivity index (χ1v) is 10.8. The molecule has 1 N–H and O–H groups in total. The summed E-state index contributed by atoms with van der Waals surface area (Å²) in [4.78, 5) is 31.9. The van der Waals surface area contributed by atoms with Gasteiger partial charge in [-0.15, -0.1) is 0 Å². The largest absolute Gasteiger partial charge is 0.361 e. The number of ether oxygens (including phenoxy) is 1. The summed E-state index contributed by atoms with van der Waals surface area (Å²) in [5.41, 5.74) is 2.07. The van der Waals surface area contributed by atoms with Gasteiger partial charge in [0.2, 0.25) is 5.91 Å². The maximum absolute atomic E-state index is 13.0. The number of benzene rings is 1. The van der Waals surface area contributed by atoms with Crippen molar-refractivity contribution in [3.05, 3.63) is 54.4 Å². The second-order valence-corrected chi connectivity index (χ2v) is 8.28. The minimum atomic E-state index is -1.07. The fourth-order valence-electron chi connectivity index (χ4n) is 4.69. The lowest BCUT2D eigenvalue weighted by Crippen LogP contribution is -2.62. The predicted octanol–water partition coefficient (Wildman–Crippen LogP) is 2.82. The first-order valence-electron chi connectivity index (χ1n) is 10.8. The molecule has 4 rings (SSSR count). The molecule has 158 valence electrons. The van der Waals surface area contributed by atoms with Crippen LogP contribution in [0, 0.1) is 5.92 Å². The molecule has 2 fully saturated rings. The molecule has 2 amide bonds. The van der Waals surface area contributed by atoms with Crippen molar-refractivity contribution in [2.75, 3.05) is 26.7 Å². The lowest BCUT2D eigenvalue weighted by atomic mass is 9.89. The van der Waals surface area contributed by atoms with Crippen LogP contribution in [0.2, 0.25) is 0 Å². The molecule has 1 saturated carbocycles. The minimum absolute atomic E-state index is 0.0977. The van der Waals surface area contributed by atoms with E-state index in [4.69, 9.17) is 4.74 Å². The highest BCUT2D eigenvalue weighted by molar-refractivity contribution is 5.87. The number of carbonyl (C=O) groups excluding carboxylic acids is 2. The Morgan fingerprint density at radius 2 is 1.93 bits per heavy atom. The Balaban J connectivity index is 1.58. The number of rotatable bonds is 5. The van der Waals surface area contributed by atoms with E-state index in [2.05, 4.69) is 16.4 Å². The van der Waals surface area contributed by atoms with Gasteiger partial charge in [-0.05, 0) is 41.7 Å². The van der Waals surface area contributed by atoms with Crippen LogP contribution < -0.4 is 5.32 Å². The highest BCUT2D eigenvalue weighted by Gasteiger charge is 2.45. The van der Waals surface area contributed by atoms with Crippen LogP contribution in [-0.2, 0) is 20.7 Å². The van der Waals surface area contributed by atoms with E-state index in [-0.39, 0.29) is 17.7 Å². The molecule has 2 aliphatic rings. The molecule has 1 aliphatic carbocycles. The van der Waals surface area contributed by atoms with Crippen LogP contribution >= 0.6 is 0 Å². The summed E-state index contributed by atoms with van der Waals surface area (Å²) in [6, 6.07) is 12.1. The van der Waals surface area contributed by atoms with Crippen molar-refractivity contribution in [3.63, 3.8) is 0 Å². The Morgan fingerprint density at radius 1 is 1.17 bits per heavy atom. The van der Waals surface area contributed by atoms with E-state index in [9.17, 15) is 9.59 Å². The number of amides is 2. The average Bonchev–Trinajstić information content (AvgIpc) is 3.34. The van der Waals surface area contributed by atoms with Gasteiger partial charge in [0.1, 0.15) is 0 Å². The number of nitrogens with one attached hydrogen (secondary N) is 1. The van der Waals surface area contributed by atoms with Crippen molar-refractivity contribution in [1.82, 2.24) is 15.2 Å². The summed E-state index contributed by atoms with van der Waals surface area (Å²) in [5, 5.41) is 2.76. The summed E-state index contributed by atoms with van der Waals surface area (Å²) < 4.78 is 6.09. The van der Waals surface area contributed by atoms with Gasteiger partial charge in [0.15, 0.2) is 5.60 Å². The number of likely N-dealkylation sites (N-methyl/N-ethyl adjacent to an activating group) is 1. The van der Waals surface area contributed by atoms with Gasteiger partial charge in [-0.1, -0.05) is 37.1 Å². The molecule has 2 aromatic rings. The van der Waals surface area contributed by atoms with Gasteiger partial charge < -0.3 is 15.0 Å². The molecule has 1 aromatic carbocycles. The number of carbonyl (C=O) groups is 2. The molecule has 0 radical (unpaired) electrons. The van der Waals surface area contributed by atoms with Crippen molar-refractivity contribution in [2.24, 2.45) is 5.92 Å². The molecular formula is C24H29N3O3. The smallest absolute Gasteiger partial charge is 0.254 e. The van der Waals surface area contributed by atoms with Crippen LogP contribution in [0.1, 0.15) is 31.2 Å². The van der Waals surface area contributed by atoms with Gasteiger partial charge in [0.05, 0.1) is 13.2 Å². The lowest BCUT2D eigenvalue weighted by Gasteiger charge is -2.42. The first-order chi connectivity index (χ1) is 14.6. The topological polar surface area (TPSA) is 71.5 Å². The second kappa shape index (κ2) is 8.96. The summed E-state index contributed by atoms with van der Waals surface area (Å²) in [5.74, 6) is 0.0934. The Bertz CT molecular complexity index is 896. The Morgan fingerprint density at radius 3 is 2.67 bits per heavy atom. The molecule has 1 saturated heterocycles. The Kier molecular flexibility index (Phi) is 6.13. The number of pyridine rings is 1. The van der Waals surface area contributed by atoms with Gasteiger partial charge in [0.25, 0.3) is 5.91 Å². The van der Waals surface area contributed by atoms with Crippen molar-refractivity contribution < 1.29 is 14.3 Å². The zero-order valence-corrected chi connectivity index (χ0v) is 17.5. The van der Waals surface area contributed by atoms with Crippen molar-refractivity contribution in [1.29, 1.82) is 0 Å². The lowest BCUT2D eigenvalue weighted by molar-refractivity contribution is -0.167. The standard InChI is InChI=1S/C24H29N3O3/c1-25-23(29)24(17-27(13-14-30-24)22(28)20-6-2-3-7-20)16-18-5-4-8-21(15-18)19-9-11-26-12-10-19/h4-5,8-12,15,20H,2-3,6-7,13-14,16-17H2,1H3,(H,25,29)/t24-/m0/s1. The van der Waals surface area contributed by atoms with E-state index >= 15 is 0 Å². The molecule has 6 nitrogen and oxygen atoms in total. The van der Waals surface area contributed by atoms with Crippen molar-refractivity contribution in [3.8, 4) is 11.1 Å². The normalized spacial score (nSPS) is 22.1. The van der Waals surface area contributed by atoms with Crippen molar-refractivity contribution >= 4 is 11.8 Å². The van der Waals surface area contributed by atoms with Crippen LogP contribution in [0.4, 0.5) is 0 Å². The number of hydrogen-bond donors (Lipinski definition) is 1. The maximum atomic E-state index is 13.0. The van der Waals surface area contributed by atoms with Gasteiger partial charge in [-0.2, -0.15) is 0 Å². The average molecular weight is 408 g/mol. The number of morpholine rings is 1. The fourth-order valence-corrected chi connectivity index (χ4v) is 4.69. The van der Waals surface area contributed by atoms with Gasteiger partial charge in [-0.3, -0.25) is 14.6 Å². The number of hydrogen-bond acceptors (Lipinski definition) is 4. The van der Waals surface area contributed by atoms with E-state index in [1.54, 1.807) is 19.4 Å². The van der Waals surface area contributed by atoms with E-state index in [1.165, 1.54) is 0 Å². The molecule has 1 aromatic heterocycles. The van der Waals surface area contributed by atoms with Crippen LogP contribution in [0.3, 0.4) is 0 Å². The predicted molar refractivity (Wildman–Crippen MR) is 115 cm³/mol. The molecule has 0 bridgehead atoms. The summed E-state index contributed by atoms with van der Waals surface area (Å²) >= 11 is 0. The Labute approximate surface area is 177 Å². The van der Waals surface area contributed by atoms with E-state index in [0.717, 1.165) is 42.4 Å². The monoisotopic (exact) mass is 407 g/mol. The highest BCUT2D eigenvalue weighted by Crippen LogP contribution is 2.31. The van der Waals surface area contributed by atoms with Crippen LogP contribution in [0.25, 0.3) is 11.1 Å². The van der Waals surface area contributed by atoms with Crippen molar-refractivity contribution in [2.45, 2.75) is 37.7 Å². The van der Waals surface area contributed by atoms with Crippen LogP contribution in [0.5, 0.6) is 0 Å². The third kappa shape index (κ3) is 4.24. The summed E-state index contributed by atoms with van der Waals surface area (Å²) in [6.45, 7) is 1.21. The second-order valence-electron chi connectivity index (χ2n) is 8.28. The maximum Gasteiger partial charge on any atom is 0.254 e. The summed E-state index contributed by atoms with van der Waals surface area (Å²) in [6.07, 6.45) is 8.09. The molecule has 1 atom stereocenters. The molecule has 30 heavy (non-hydrogen) atoms. The SMILES string of the molecule is CNC(=O)[C@]1(Cc2cccc(-c3ccncc3)c2)CN(C(=O)C2CCCC2)CCO1. The molecular weight excluding hydrogens is 378 g/mol. The molecule has 0 unspecified atom stereocenters. The van der Waals surface area contributed by atoms with Gasteiger partial charge in [-0.25, -0.2) is 0 Å². The number of nitrogens with zero attached hydrogens (tertiary/aromatic N) is 2. The molecule has 1 aliphatic heterocycles. The summed E-state index contributed by atoms with van der Waals surface area (Å²) in [7, 11) is 1.62. The van der Waals surface area contributed by atoms with Crippen LogP contribution in [-0.4, -0.2) is 54.0 Å². The molecule has 6 heteroatoms. The Hall–Kier alpha value is -2.73. The molecule has 0 spiro atoms. The van der Waals surface area contributed by atoms with E-state index < -0.39 is 5.60 Å². The number of aromatic nitrogens is 1. The fraction of sp³-hybridized carbons (Fsp3) is 0.458. The van der Waals surface area contributed by atoms with Gasteiger partial charge >= 0.3 is 0 Å². The zero-order chi connectivity index (χ0) is 21.0. The third-order valence-corrected chi connectivity index (χ3v) is 6.27. The minimum Gasteiger partial charge on any atom is -0.361 e.